The third-order valence-electron chi connectivity index (χ3n) is 3.75. The van der Waals surface area contributed by atoms with E-state index >= 15 is 0 Å². The Morgan fingerprint density at radius 2 is 1.84 bits per heavy atom. The Morgan fingerprint density at radius 1 is 1.05 bits per heavy atom. The molecule has 0 saturated carbocycles. The van der Waals surface area contributed by atoms with E-state index in [0.717, 1.165) is 19.3 Å². The third-order valence-corrected chi connectivity index (χ3v) is 3.75. The fourth-order valence-corrected chi connectivity index (χ4v) is 2.78. The lowest BCUT2D eigenvalue weighted by molar-refractivity contribution is 0.954. The normalized spacial score (nSPS) is 15.7. The van der Waals surface area contributed by atoms with Crippen molar-refractivity contribution in [1.29, 1.82) is 0 Å². The molecule has 0 bridgehead atoms. The molecule has 1 heteroatoms. The lowest BCUT2D eigenvalue weighted by Gasteiger charge is -2.10. The molecule has 1 heterocycles. The first-order valence-corrected chi connectivity index (χ1v) is 7.13. The Hall–Kier alpha value is -1.89. The molecule has 1 aromatic carbocycles. The molecule has 1 aromatic heterocycles. The van der Waals surface area contributed by atoms with Crippen molar-refractivity contribution in [3.05, 3.63) is 71.1 Å². The summed E-state index contributed by atoms with van der Waals surface area (Å²) in [4.78, 5) is 4.64. The summed E-state index contributed by atoms with van der Waals surface area (Å²) in [6.45, 7) is 2.22. The molecule has 1 aliphatic rings. The number of nitrogens with zero attached hydrogens (tertiary/aromatic N) is 1. The summed E-state index contributed by atoms with van der Waals surface area (Å²) >= 11 is 0. The Labute approximate surface area is 115 Å². The van der Waals surface area contributed by atoms with Crippen LogP contribution in [0, 0.1) is 0 Å². The Morgan fingerprint density at radius 3 is 2.74 bits per heavy atom. The number of hydrogen-bond donors (Lipinski definition) is 0. The molecule has 0 spiro atoms. The van der Waals surface area contributed by atoms with Crippen molar-refractivity contribution in [2.24, 2.45) is 0 Å². The lowest BCUT2D eigenvalue weighted by Crippen LogP contribution is -1.95. The maximum atomic E-state index is 4.64. The maximum absolute atomic E-state index is 4.64. The summed E-state index contributed by atoms with van der Waals surface area (Å²) in [5.41, 5.74) is 6.70. The van der Waals surface area contributed by atoms with E-state index in [2.05, 4.69) is 48.3 Å². The Balaban J connectivity index is 2.19. The van der Waals surface area contributed by atoms with Crippen LogP contribution < -0.4 is 0 Å². The molecule has 0 aliphatic heterocycles. The first kappa shape index (κ1) is 12.2. The van der Waals surface area contributed by atoms with Crippen molar-refractivity contribution in [1.82, 2.24) is 4.98 Å². The molecule has 0 radical (unpaired) electrons. The summed E-state index contributed by atoms with van der Waals surface area (Å²) in [6, 6.07) is 13.0. The van der Waals surface area contributed by atoms with E-state index in [4.69, 9.17) is 0 Å². The number of rotatable bonds is 2. The average molecular weight is 249 g/mol. The monoisotopic (exact) mass is 249 g/mol. The summed E-state index contributed by atoms with van der Waals surface area (Å²) < 4.78 is 0. The number of unbranched alkanes of at least 4 members (excludes halogenated alkanes) is 1. The van der Waals surface area contributed by atoms with Gasteiger partial charge in [0.25, 0.3) is 0 Å². The van der Waals surface area contributed by atoms with Crippen molar-refractivity contribution in [3.63, 3.8) is 0 Å². The van der Waals surface area contributed by atoms with Crippen LogP contribution in [-0.4, -0.2) is 4.98 Å². The van der Waals surface area contributed by atoms with Gasteiger partial charge in [-0.3, -0.25) is 4.98 Å². The van der Waals surface area contributed by atoms with Crippen LogP contribution in [0.15, 0.2) is 48.7 Å². The van der Waals surface area contributed by atoms with Gasteiger partial charge in [-0.2, -0.15) is 0 Å². The van der Waals surface area contributed by atoms with Crippen LogP contribution in [0.1, 0.15) is 42.1 Å². The van der Waals surface area contributed by atoms with E-state index in [1.165, 1.54) is 34.4 Å². The van der Waals surface area contributed by atoms with E-state index in [1.807, 2.05) is 12.3 Å². The third kappa shape index (κ3) is 2.33. The van der Waals surface area contributed by atoms with E-state index < -0.39 is 0 Å². The van der Waals surface area contributed by atoms with Gasteiger partial charge in [0.1, 0.15) is 0 Å². The van der Waals surface area contributed by atoms with Crippen molar-refractivity contribution >= 4 is 5.57 Å². The molecule has 0 fully saturated rings. The fraction of sp³-hybridized carbons (Fsp3) is 0.278. The second-order valence-corrected chi connectivity index (χ2v) is 5.07. The summed E-state index contributed by atoms with van der Waals surface area (Å²) in [6.07, 6.45) is 8.75. The van der Waals surface area contributed by atoms with Crippen molar-refractivity contribution in [2.75, 3.05) is 0 Å². The molecular weight excluding hydrogens is 230 g/mol. The number of pyridine rings is 1. The molecule has 1 nitrogen and oxygen atoms in total. The minimum absolute atomic E-state index is 1.09. The molecule has 19 heavy (non-hydrogen) atoms. The number of benzene rings is 1. The molecule has 0 saturated heterocycles. The largest absolute Gasteiger partial charge is 0.256 e. The average Bonchev–Trinajstić information content (AvgIpc) is 2.62. The van der Waals surface area contributed by atoms with Crippen molar-refractivity contribution in [2.45, 2.75) is 32.6 Å². The molecule has 2 aromatic rings. The molecule has 96 valence electrons. The number of aromatic nitrogens is 1. The second-order valence-electron chi connectivity index (χ2n) is 5.07. The fourth-order valence-electron chi connectivity index (χ4n) is 2.78. The minimum atomic E-state index is 1.09. The first-order chi connectivity index (χ1) is 9.40. The van der Waals surface area contributed by atoms with Crippen LogP contribution in [-0.2, 0) is 12.8 Å². The van der Waals surface area contributed by atoms with E-state index in [9.17, 15) is 0 Å². The van der Waals surface area contributed by atoms with Crippen LogP contribution in [0.3, 0.4) is 0 Å². The summed E-state index contributed by atoms with van der Waals surface area (Å²) in [5, 5.41) is 0. The van der Waals surface area contributed by atoms with Gasteiger partial charge in [-0.15, -0.1) is 0 Å². The first-order valence-electron chi connectivity index (χ1n) is 7.13. The van der Waals surface area contributed by atoms with Gasteiger partial charge < -0.3 is 0 Å². The van der Waals surface area contributed by atoms with Crippen LogP contribution in [0.4, 0.5) is 0 Å². The zero-order valence-electron chi connectivity index (χ0n) is 11.4. The van der Waals surface area contributed by atoms with Crippen LogP contribution >= 0.6 is 0 Å². The highest BCUT2D eigenvalue weighted by molar-refractivity contribution is 5.82. The SMILES string of the molecule is CCCC=C1c2ccccc2CCc2cccnc21. The van der Waals surface area contributed by atoms with Crippen LogP contribution in [0.2, 0.25) is 0 Å². The lowest BCUT2D eigenvalue weighted by atomic mass is 9.96. The molecule has 0 amide bonds. The number of hydrogen-bond acceptors (Lipinski definition) is 1. The quantitative estimate of drug-likeness (QED) is 0.768. The van der Waals surface area contributed by atoms with Gasteiger partial charge in [0.15, 0.2) is 0 Å². The number of aryl methyl sites for hydroxylation is 2. The predicted octanol–water partition coefficient (Wildman–Crippen LogP) is 4.41. The highest BCUT2D eigenvalue weighted by atomic mass is 14.7. The van der Waals surface area contributed by atoms with Gasteiger partial charge in [0, 0.05) is 11.8 Å². The highest BCUT2D eigenvalue weighted by Gasteiger charge is 2.17. The standard InChI is InChI=1S/C18H19N/c1-2-3-9-17-16-10-5-4-7-14(16)11-12-15-8-6-13-19-18(15)17/h4-10,13H,2-3,11-12H2,1H3. The van der Waals surface area contributed by atoms with Gasteiger partial charge in [-0.05, 0) is 42.0 Å². The predicted molar refractivity (Wildman–Crippen MR) is 80.1 cm³/mol. The zero-order valence-corrected chi connectivity index (χ0v) is 11.4. The zero-order chi connectivity index (χ0) is 13.1. The smallest absolute Gasteiger partial charge is 0.0736 e. The van der Waals surface area contributed by atoms with Crippen LogP contribution in [0.5, 0.6) is 0 Å². The van der Waals surface area contributed by atoms with Gasteiger partial charge in [0.2, 0.25) is 0 Å². The Bertz CT molecular complexity index is 561. The molecule has 1 aliphatic carbocycles. The molecule has 0 atom stereocenters. The molecule has 0 unspecified atom stereocenters. The van der Waals surface area contributed by atoms with Crippen molar-refractivity contribution in [3.8, 4) is 0 Å². The van der Waals surface area contributed by atoms with Crippen molar-refractivity contribution < 1.29 is 0 Å². The Kier molecular flexibility index (Phi) is 3.45. The van der Waals surface area contributed by atoms with Gasteiger partial charge in [-0.25, -0.2) is 0 Å². The molecular formula is C18H19N. The topological polar surface area (TPSA) is 12.9 Å². The maximum Gasteiger partial charge on any atom is 0.0736 e. The van der Waals surface area contributed by atoms with E-state index in [0.29, 0.717) is 0 Å². The highest BCUT2D eigenvalue weighted by Crippen LogP contribution is 2.32. The van der Waals surface area contributed by atoms with Gasteiger partial charge in [-0.1, -0.05) is 49.8 Å². The molecule has 3 rings (SSSR count). The molecule has 0 N–H and O–H groups in total. The van der Waals surface area contributed by atoms with Gasteiger partial charge >= 0.3 is 0 Å². The van der Waals surface area contributed by atoms with E-state index in [-0.39, 0.29) is 0 Å². The summed E-state index contributed by atoms with van der Waals surface area (Å²) in [7, 11) is 0. The van der Waals surface area contributed by atoms with Crippen LogP contribution in [0.25, 0.3) is 5.57 Å². The van der Waals surface area contributed by atoms with E-state index in [1.54, 1.807) is 0 Å². The van der Waals surface area contributed by atoms with Gasteiger partial charge in [0.05, 0.1) is 5.69 Å². The minimum Gasteiger partial charge on any atom is -0.256 e. The second kappa shape index (κ2) is 5.40. The summed E-state index contributed by atoms with van der Waals surface area (Å²) in [5.74, 6) is 0. The number of fused-ring (bicyclic) bond motifs is 2. The number of allylic oxidation sites excluding steroid dienone is 1.